The molecule has 0 saturated carbocycles. The van der Waals surface area contributed by atoms with Gasteiger partial charge >= 0.3 is 0 Å². The highest BCUT2D eigenvalue weighted by molar-refractivity contribution is 5.79. The molecular formula is C10H21NO2. The molecule has 0 rings (SSSR count). The normalized spacial score (nSPS) is 10.3. The maximum absolute atomic E-state index is 11.1. The second-order valence-corrected chi connectivity index (χ2v) is 3.13. The van der Waals surface area contributed by atoms with Crippen molar-refractivity contribution in [2.75, 3.05) is 19.8 Å². The summed E-state index contributed by atoms with van der Waals surface area (Å²) in [5.74, 6) is 0.217. The van der Waals surface area contributed by atoms with Crippen molar-refractivity contribution in [2.24, 2.45) is 5.73 Å². The van der Waals surface area contributed by atoms with Crippen molar-refractivity contribution in [1.29, 1.82) is 0 Å². The SMILES string of the molecule is CCOCC(=O)CCCCCCN. The average Bonchev–Trinajstić information content (AvgIpc) is 2.14. The summed E-state index contributed by atoms with van der Waals surface area (Å²) >= 11 is 0. The lowest BCUT2D eigenvalue weighted by Gasteiger charge is -2.00. The number of carbonyl (C=O) groups is 1. The van der Waals surface area contributed by atoms with Gasteiger partial charge in [0.05, 0.1) is 0 Å². The Bertz CT molecular complexity index is 126. The van der Waals surface area contributed by atoms with E-state index in [9.17, 15) is 4.79 Å². The molecule has 0 unspecified atom stereocenters. The van der Waals surface area contributed by atoms with Crippen molar-refractivity contribution in [2.45, 2.75) is 39.0 Å². The van der Waals surface area contributed by atoms with E-state index in [4.69, 9.17) is 10.5 Å². The highest BCUT2D eigenvalue weighted by Gasteiger charge is 2.00. The molecule has 0 bridgehead atoms. The Balaban J connectivity index is 3.08. The largest absolute Gasteiger partial charge is 0.374 e. The van der Waals surface area contributed by atoms with E-state index in [1.165, 1.54) is 0 Å². The second kappa shape index (κ2) is 9.68. The lowest BCUT2D eigenvalue weighted by Crippen LogP contribution is -2.08. The molecular weight excluding hydrogens is 166 g/mol. The van der Waals surface area contributed by atoms with Gasteiger partial charge in [-0.3, -0.25) is 4.79 Å². The van der Waals surface area contributed by atoms with E-state index >= 15 is 0 Å². The Morgan fingerprint density at radius 1 is 1.23 bits per heavy atom. The minimum Gasteiger partial charge on any atom is -0.374 e. The fourth-order valence-electron chi connectivity index (χ4n) is 1.11. The molecule has 0 heterocycles. The van der Waals surface area contributed by atoms with Crippen molar-refractivity contribution in [3.05, 3.63) is 0 Å². The van der Waals surface area contributed by atoms with Gasteiger partial charge in [0.15, 0.2) is 5.78 Å². The number of nitrogens with two attached hydrogens (primary N) is 1. The van der Waals surface area contributed by atoms with E-state index in [0.29, 0.717) is 13.0 Å². The summed E-state index contributed by atoms with van der Waals surface area (Å²) in [7, 11) is 0. The number of ether oxygens (including phenoxy) is 1. The predicted octanol–water partition coefficient (Wildman–Crippen LogP) is 1.50. The van der Waals surface area contributed by atoms with E-state index < -0.39 is 0 Å². The maximum Gasteiger partial charge on any atom is 0.158 e. The molecule has 0 amide bonds. The third-order valence-corrected chi connectivity index (χ3v) is 1.88. The van der Waals surface area contributed by atoms with Gasteiger partial charge < -0.3 is 10.5 Å². The van der Waals surface area contributed by atoms with Gasteiger partial charge in [-0.1, -0.05) is 12.8 Å². The summed E-state index contributed by atoms with van der Waals surface area (Å²) in [6.45, 7) is 3.56. The summed E-state index contributed by atoms with van der Waals surface area (Å²) < 4.78 is 5.00. The fraction of sp³-hybridized carbons (Fsp3) is 0.900. The van der Waals surface area contributed by atoms with Crippen LogP contribution in [0.4, 0.5) is 0 Å². The molecule has 0 radical (unpaired) electrons. The molecule has 0 aliphatic heterocycles. The molecule has 3 heteroatoms. The van der Waals surface area contributed by atoms with Crippen LogP contribution in [0.15, 0.2) is 0 Å². The third kappa shape index (κ3) is 9.50. The van der Waals surface area contributed by atoms with E-state index in [2.05, 4.69) is 0 Å². The molecule has 2 N–H and O–H groups in total. The highest BCUT2D eigenvalue weighted by Crippen LogP contribution is 2.02. The number of carbonyl (C=O) groups excluding carboxylic acids is 1. The summed E-state index contributed by atoms with van der Waals surface area (Å²) in [5, 5.41) is 0. The molecule has 0 atom stereocenters. The average molecular weight is 187 g/mol. The van der Waals surface area contributed by atoms with E-state index in [0.717, 1.165) is 32.2 Å². The van der Waals surface area contributed by atoms with Gasteiger partial charge in [-0.05, 0) is 26.3 Å². The first-order chi connectivity index (χ1) is 6.31. The number of hydrogen-bond donors (Lipinski definition) is 1. The number of Topliss-reactive ketones (excluding diaryl/α,β-unsaturated/α-hetero) is 1. The second-order valence-electron chi connectivity index (χ2n) is 3.13. The first-order valence-corrected chi connectivity index (χ1v) is 5.10. The number of ketones is 1. The molecule has 0 aromatic heterocycles. The molecule has 0 fully saturated rings. The van der Waals surface area contributed by atoms with Gasteiger partial charge in [-0.2, -0.15) is 0 Å². The van der Waals surface area contributed by atoms with Gasteiger partial charge in [0.25, 0.3) is 0 Å². The van der Waals surface area contributed by atoms with Crippen LogP contribution in [-0.2, 0) is 9.53 Å². The van der Waals surface area contributed by atoms with Crippen LogP contribution in [0.25, 0.3) is 0 Å². The van der Waals surface area contributed by atoms with E-state index in [-0.39, 0.29) is 12.4 Å². The first-order valence-electron chi connectivity index (χ1n) is 5.10. The Labute approximate surface area is 80.6 Å². The van der Waals surface area contributed by atoms with Gasteiger partial charge in [-0.25, -0.2) is 0 Å². The van der Waals surface area contributed by atoms with Gasteiger partial charge in [0.1, 0.15) is 6.61 Å². The molecule has 78 valence electrons. The quantitative estimate of drug-likeness (QED) is 0.556. The Kier molecular flexibility index (Phi) is 9.37. The summed E-state index contributed by atoms with van der Waals surface area (Å²) in [5.41, 5.74) is 5.35. The maximum atomic E-state index is 11.1. The van der Waals surface area contributed by atoms with Crippen LogP contribution >= 0.6 is 0 Å². The lowest BCUT2D eigenvalue weighted by atomic mass is 10.1. The summed E-state index contributed by atoms with van der Waals surface area (Å²) in [6.07, 6.45) is 4.95. The van der Waals surface area contributed by atoms with Crippen molar-refractivity contribution in [1.82, 2.24) is 0 Å². The van der Waals surface area contributed by atoms with E-state index in [1.807, 2.05) is 6.92 Å². The standard InChI is InChI=1S/C10H21NO2/c1-2-13-9-10(12)7-5-3-4-6-8-11/h2-9,11H2,1H3. The smallest absolute Gasteiger partial charge is 0.158 e. The van der Waals surface area contributed by atoms with Gasteiger partial charge in [0.2, 0.25) is 0 Å². The number of rotatable bonds is 9. The molecule has 0 spiro atoms. The fourth-order valence-corrected chi connectivity index (χ4v) is 1.11. The predicted molar refractivity (Wildman–Crippen MR) is 53.6 cm³/mol. The Morgan fingerprint density at radius 3 is 2.54 bits per heavy atom. The van der Waals surface area contributed by atoms with Crippen molar-refractivity contribution < 1.29 is 9.53 Å². The lowest BCUT2D eigenvalue weighted by molar-refractivity contribution is -0.123. The van der Waals surface area contributed by atoms with Crippen LogP contribution in [0.3, 0.4) is 0 Å². The minimum atomic E-state index is 0.217. The topological polar surface area (TPSA) is 52.3 Å². The van der Waals surface area contributed by atoms with Crippen molar-refractivity contribution >= 4 is 5.78 Å². The molecule has 3 nitrogen and oxygen atoms in total. The highest BCUT2D eigenvalue weighted by atomic mass is 16.5. The molecule has 0 aromatic rings. The van der Waals surface area contributed by atoms with Crippen LogP contribution in [0, 0.1) is 0 Å². The first kappa shape index (κ1) is 12.6. The molecule has 0 aliphatic carbocycles. The zero-order chi connectivity index (χ0) is 9.94. The van der Waals surface area contributed by atoms with Crippen LogP contribution in [0.1, 0.15) is 39.0 Å². The van der Waals surface area contributed by atoms with Crippen LogP contribution < -0.4 is 5.73 Å². The Hall–Kier alpha value is -0.410. The van der Waals surface area contributed by atoms with Crippen LogP contribution in [0.2, 0.25) is 0 Å². The minimum absolute atomic E-state index is 0.217. The molecule has 0 aromatic carbocycles. The van der Waals surface area contributed by atoms with E-state index in [1.54, 1.807) is 0 Å². The zero-order valence-corrected chi connectivity index (χ0v) is 8.55. The van der Waals surface area contributed by atoms with Gasteiger partial charge in [-0.15, -0.1) is 0 Å². The van der Waals surface area contributed by atoms with Crippen LogP contribution in [-0.4, -0.2) is 25.5 Å². The summed E-state index contributed by atoms with van der Waals surface area (Å²) in [4.78, 5) is 11.1. The monoisotopic (exact) mass is 187 g/mol. The number of hydrogen-bond acceptors (Lipinski definition) is 3. The molecule has 13 heavy (non-hydrogen) atoms. The molecule has 0 aliphatic rings. The third-order valence-electron chi connectivity index (χ3n) is 1.88. The molecule has 0 saturated heterocycles. The van der Waals surface area contributed by atoms with Crippen LogP contribution in [0.5, 0.6) is 0 Å². The Morgan fingerprint density at radius 2 is 1.92 bits per heavy atom. The number of unbranched alkanes of at least 4 members (excludes halogenated alkanes) is 3. The zero-order valence-electron chi connectivity index (χ0n) is 8.55. The van der Waals surface area contributed by atoms with Crippen molar-refractivity contribution in [3.8, 4) is 0 Å². The van der Waals surface area contributed by atoms with Crippen molar-refractivity contribution in [3.63, 3.8) is 0 Å². The van der Waals surface area contributed by atoms with Gasteiger partial charge in [0, 0.05) is 13.0 Å². The summed E-state index contributed by atoms with van der Waals surface area (Å²) in [6, 6.07) is 0.